The average Bonchev–Trinajstić information content (AvgIpc) is 3.29. The van der Waals surface area contributed by atoms with Crippen LogP contribution in [0, 0.1) is 0 Å². The van der Waals surface area contributed by atoms with Gasteiger partial charge in [-0.1, -0.05) is 251 Å². The van der Waals surface area contributed by atoms with E-state index in [4.69, 9.17) is 18.5 Å². The number of carbonyl (C=O) groups is 2. The zero-order valence-corrected chi connectivity index (χ0v) is 46.1. The van der Waals surface area contributed by atoms with Crippen molar-refractivity contribution in [1.82, 2.24) is 0 Å². The van der Waals surface area contributed by atoms with Crippen LogP contribution in [0.2, 0.25) is 0 Å². The largest absolute Gasteiger partial charge is 0.472 e. The van der Waals surface area contributed by atoms with E-state index in [0.29, 0.717) is 23.9 Å². The summed E-state index contributed by atoms with van der Waals surface area (Å²) in [6, 6.07) is 0. The molecule has 0 aromatic carbocycles. The number of esters is 2. The van der Waals surface area contributed by atoms with Gasteiger partial charge in [-0.25, -0.2) is 4.57 Å². The van der Waals surface area contributed by atoms with E-state index in [-0.39, 0.29) is 25.6 Å². The molecule has 0 radical (unpaired) electrons. The Labute approximate surface area is 416 Å². The third-order valence-electron chi connectivity index (χ3n) is 13.0. The molecule has 9 nitrogen and oxygen atoms in total. The second-order valence-electron chi connectivity index (χ2n) is 21.0. The van der Waals surface area contributed by atoms with Crippen LogP contribution in [0.3, 0.4) is 0 Å². The lowest BCUT2D eigenvalue weighted by molar-refractivity contribution is -0.870. The predicted octanol–water partition coefficient (Wildman–Crippen LogP) is 17.7. The number of hydrogen-bond donors (Lipinski definition) is 1. The van der Waals surface area contributed by atoms with Gasteiger partial charge in [-0.15, -0.1) is 0 Å². The Balaban J connectivity index is 4.10. The van der Waals surface area contributed by atoms with Gasteiger partial charge in [0, 0.05) is 12.8 Å². The van der Waals surface area contributed by atoms with E-state index < -0.39 is 26.5 Å². The molecule has 0 amide bonds. The molecule has 67 heavy (non-hydrogen) atoms. The molecule has 0 spiro atoms. The van der Waals surface area contributed by atoms with Crippen LogP contribution in [0.15, 0.2) is 12.2 Å². The standard InChI is InChI=1S/C57H112NO8P/c1-6-8-10-12-14-16-18-20-22-24-26-27-28-29-30-31-32-34-35-37-39-41-43-45-47-49-56(59)63-53-55(54-65-67(61,62)64-52-51-58(3,4)5)66-57(60)50-48-46-44-42-40-38-36-33-25-23-21-19-17-15-13-11-9-7-2/h23,25,55H,6-22,24,26-54H2,1-5H3/p+1/b25-23-. The number of likely N-dealkylation sites (N-methyl/N-ethyl adjacent to an activating group) is 1. The van der Waals surface area contributed by atoms with Gasteiger partial charge in [-0.3, -0.25) is 18.6 Å². The molecule has 0 bridgehead atoms. The molecular weight excluding hydrogens is 858 g/mol. The van der Waals surface area contributed by atoms with Gasteiger partial charge in [0.25, 0.3) is 0 Å². The number of phosphoric ester groups is 1. The predicted molar refractivity (Wildman–Crippen MR) is 284 cm³/mol. The van der Waals surface area contributed by atoms with Gasteiger partial charge in [-0.2, -0.15) is 0 Å². The van der Waals surface area contributed by atoms with Crippen molar-refractivity contribution in [2.75, 3.05) is 47.5 Å². The zero-order valence-electron chi connectivity index (χ0n) is 45.2. The fourth-order valence-corrected chi connectivity index (χ4v) is 9.28. The smallest absolute Gasteiger partial charge is 0.462 e. The summed E-state index contributed by atoms with van der Waals surface area (Å²) in [6.45, 7) is 4.48. The Hall–Kier alpha value is -1.25. The minimum absolute atomic E-state index is 0.0345. The summed E-state index contributed by atoms with van der Waals surface area (Å²) in [7, 11) is 1.49. The molecule has 0 aromatic heterocycles. The first-order chi connectivity index (χ1) is 32.5. The summed E-state index contributed by atoms with van der Waals surface area (Å²) in [5.41, 5.74) is 0. The topological polar surface area (TPSA) is 108 Å². The number of rotatable bonds is 54. The molecule has 0 fully saturated rings. The summed E-state index contributed by atoms with van der Waals surface area (Å²) >= 11 is 0. The molecule has 0 aliphatic heterocycles. The minimum atomic E-state index is -4.38. The lowest BCUT2D eigenvalue weighted by Gasteiger charge is -2.24. The maximum absolute atomic E-state index is 12.8. The van der Waals surface area contributed by atoms with Crippen LogP contribution in [0.4, 0.5) is 0 Å². The number of unbranched alkanes of at least 4 members (excludes halogenated alkanes) is 38. The van der Waals surface area contributed by atoms with Crippen molar-refractivity contribution in [1.29, 1.82) is 0 Å². The summed E-state index contributed by atoms with van der Waals surface area (Å²) < 4.78 is 34.6. The molecule has 0 aliphatic carbocycles. The molecular formula is C57H113NO8P+. The molecule has 10 heteroatoms. The first-order valence-electron chi connectivity index (χ1n) is 28.9. The summed E-state index contributed by atoms with van der Waals surface area (Å²) in [4.78, 5) is 35.6. The Morgan fingerprint density at radius 1 is 0.448 bits per heavy atom. The van der Waals surface area contributed by atoms with Gasteiger partial charge >= 0.3 is 19.8 Å². The SMILES string of the molecule is CCCCCCCCC/C=C\CCCCCCCCCC(=O)OC(COC(=O)CCCCCCCCCCCCCCCCCCCCCCCCCCC)COP(=O)(O)OCC[N+](C)(C)C. The number of ether oxygens (including phenoxy) is 2. The van der Waals surface area contributed by atoms with Crippen molar-refractivity contribution in [3.05, 3.63) is 12.2 Å². The van der Waals surface area contributed by atoms with Crippen LogP contribution >= 0.6 is 7.82 Å². The number of carbonyl (C=O) groups excluding carboxylic acids is 2. The Morgan fingerprint density at radius 2 is 0.761 bits per heavy atom. The van der Waals surface area contributed by atoms with Crippen LogP contribution in [0.25, 0.3) is 0 Å². The Bertz CT molecular complexity index is 1140. The summed E-state index contributed by atoms with van der Waals surface area (Å²) in [6.07, 6.45) is 57.1. The lowest BCUT2D eigenvalue weighted by Crippen LogP contribution is -2.37. The van der Waals surface area contributed by atoms with E-state index >= 15 is 0 Å². The number of quaternary nitrogens is 1. The maximum atomic E-state index is 12.8. The van der Waals surface area contributed by atoms with Gasteiger partial charge < -0.3 is 18.9 Å². The van der Waals surface area contributed by atoms with E-state index in [9.17, 15) is 19.0 Å². The molecule has 0 aliphatic rings. The molecule has 0 saturated heterocycles. The lowest BCUT2D eigenvalue weighted by atomic mass is 10.0. The van der Waals surface area contributed by atoms with Crippen molar-refractivity contribution in [2.45, 2.75) is 296 Å². The minimum Gasteiger partial charge on any atom is -0.462 e. The molecule has 1 N–H and O–H groups in total. The van der Waals surface area contributed by atoms with Crippen molar-refractivity contribution >= 4 is 19.8 Å². The fourth-order valence-electron chi connectivity index (χ4n) is 8.54. The molecule has 2 unspecified atom stereocenters. The first kappa shape index (κ1) is 65.8. The van der Waals surface area contributed by atoms with Gasteiger partial charge in [0.05, 0.1) is 27.7 Å². The highest BCUT2D eigenvalue weighted by molar-refractivity contribution is 7.47. The Morgan fingerprint density at radius 3 is 1.10 bits per heavy atom. The van der Waals surface area contributed by atoms with Crippen LogP contribution in [-0.2, 0) is 32.7 Å². The highest BCUT2D eigenvalue weighted by atomic mass is 31.2. The molecule has 398 valence electrons. The van der Waals surface area contributed by atoms with E-state index in [1.165, 1.54) is 212 Å². The molecule has 2 atom stereocenters. The first-order valence-corrected chi connectivity index (χ1v) is 30.4. The van der Waals surface area contributed by atoms with E-state index in [1.54, 1.807) is 0 Å². The van der Waals surface area contributed by atoms with Crippen molar-refractivity contribution < 1.29 is 42.1 Å². The van der Waals surface area contributed by atoms with Gasteiger partial charge in [0.1, 0.15) is 19.8 Å². The second-order valence-corrected chi connectivity index (χ2v) is 22.5. The quantitative estimate of drug-likeness (QED) is 0.0211. The fraction of sp³-hybridized carbons (Fsp3) is 0.930. The van der Waals surface area contributed by atoms with Crippen LogP contribution in [0.5, 0.6) is 0 Å². The highest BCUT2D eigenvalue weighted by Crippen LogP contribution is 2.43. The monoisotopic (exact) mass is 971 g/mol. The van der Waals surface area contributed by atoms with E-state index in [0.717, 1.165) is 44.9 Å². The third-order valence-corrected chi connectivity index (χ3v) is 14.0. The van der Waals surface area contributed by atoms with E-state index in [1.807, 2.05) is 21.1 Å². The van der Waals surface area contributed by atoms with Crippen LogP contribution in [0.1, 0.15) is 290 Å². The number of allylic oxidation sites excluding steroid dienone is 2. The van der Waals surface area contributed by atoms with Gasteiger partial charge in [0.15, 0.2) is 6.10 Å². The third kappa shape index (κ3) is 53.9. The summed E-state index contributed by atoms with van der Waals surface area (Å²) in [5.74, 6) is -0.784. The van der Waals surface area contributed by atoms with Crippen LogP contribution in [-0.4, -0.2) is 74.9 Å². The van der Waals surface area contributed by atoms with Crippen molar-refractivity contribution in [3.8, 4) is 0 Å². The van der Waals surface area contributed by atoms with Crippen molar-refractivity contribution in [3.63, 3.8) is 0 Å². The van der Waals surface area contributed by atoms with E-state index in [2.05, 4.69) is 26.0 Å². The van der Waals surface area contributed by atoms with Crippen LogP contribution < -0.4 is 0 Å². The van der Waals surface area contributed by atoms with Gasteiger partial charge in [-0.05, 0) is 38.5 Å². The molecule has 0 saturated carbocycles. The summed E-state index contributed by atoms with van der Waals surface area (Å²) in [5, 5.41) is 0. The normalized spacial score (nSPS) is 13.3. The number of phosphoric acid groups is 1. The average molecular weight is 972 g/mol. The van der Waals surface area contributed by atoms with Gasteiger partial charge in [0.2, 0.25) is 0 Å². The number of hydrogen-bond acceptors (Lipinski definition) is 7. The molecule has 0 heterocycles. The maximum Gasteiger partial charge on any atom is 0.472 e. The second kappa shape index (κ2) is 49.7. The highest BCUT2D eigenvalue weighted by Gasteiger charge is 2.27. The zero-order chi connectivity index (χ0) is 49.2. The Kier molecular flexibility index (Phi) is 48.8. The molecule has 0 aromatic rings. The van der Waals surface area contributed by atoms with Crippen molar-refractivity contribution in [2.24, 2.45) is 0 Å². The molecule has 0 rings (SSSR count). The number of nitrogens with zero attached hydrogens (tertiary/aromatic N) is 1.